The summed E-state index contributed by atoms with van der Waals surface area (Å²) in [6.45, 7) is 2.23. The largest absolute Gasteiger partial charge is 0.453 e. The number of para-hydroxylation sites is 1. The molecule has 1 fully saturated rings. The van der Waals surface area contributed by atoms with Gasteiger partial charge in [0.2, 0.25) is 0 Å². The molecule has 8 heteroatoms. The molecule has 2 aromatic rings. The number of imide groups is 1. The molecule has 26 heavy (non-hydrogen) atoms. The van der Waals surface area contributed by atoms with E-state index in [9.17, 15) is 14.4 Å². The van der Waals surface area contributed by atoms with Gasteiger partial charge in [0.1, 0.15) is 0 Å². The molecule has 0 saturated carbocycles. The summed E-state index contributed by atoms with van der Waals surface area (Å²) in [5, 5.41) is 3.60. The maximum Gasteiger partial charge on any atom is 0.324 e. The molecule has 0 radical (unpaired) electrons. The molecule has 7 nitrogen and oxygen atoms in total. The van der Waals surface area contributed by atoms with Gasteiger partial charge in [-0.25, -0.2) is 9.78 Å². The zero-order chi connectivity index (χ0) is 18.5. The highest BCUT2D eigenvalue weighted by Crippen LogP contribution is 2.22. The predicted molar refractivity (Wildman–Crippen MR) is 97.8 cm³/mol. The fourth-order valence-electron chi connectivity index (χ4n) is 2.78. The number of carbonyl (C=O) groups excluding carboxylic acids is 3. The lowest BCUT2D eigenvalue weighted by molar-refractivity contribution is -0.157. The van der Waals surface area contributed by atoms with E-state index in [-0.39, 0.29) is 6.42 Å². The fourth-order valence-corrected chi connectivity index (χ4v) is 3.79. The lowest BCUT2D eigenvalue weighted by Gasteiger charge is -2.18. The van der Waals surface area contributed by atoms with Crippen molar-refractivity contribution in [1.82, 2.24) is 15.2 Å². The number of benzene rings is 1. The van der Waals surface area contributed by atoms with Gasteiger partial charge in [-0.2, -0.15) is 0 Å². The number of nitrogens with one attached hydrogen (secondary N) is 1. The standard InChI is InChI=1S/C18H21N3O4S/c1-12(17(23)21-11-10-19-18(21)24)25-16(22)9-5-4-8-15-20-13-6-2-3-7-14(13)26-15/h2-3,6-7,12H,4-5,8-11H2,1H3,(H,19,24)/t12-/m1/s1. The number of aromatic nitrogens is 1. The van der Waals surface area contributed by atoms with Crippen LogP contribution >= 0.6 is 11.3 Å². The third-order valence-electron chi connectivity index (χ3n) is 4.14. The molecule has 1 aliphatic heterocycles. The molecule has 0 aliphatic carbocycles. The number of nitrogens with zero attached hydrogens (tertiary/aromatic N) is 2. The number of hydrogen-bond acceptors (Lipinski definition) is 6. The Kier molecular flexibility index (Phi) is 5.82. The van der Waals surface area contributed by atoms with Crippen molar-refractivity contribution in [2.45, 2.75) is 38.7 Å². The van der Waals surface area contributed by atoms with Crippen LogP contribution in [0.2, 0.25) is 0 Å². The molecule has 1 N–H and O–H groups in total. The van der Waals surface area contributed by atoms with Crippen LogP contribution in [0.15, 0.2) is 24.3 Å². The average molecular weight is 375 g/mol. The monoisotopic (exact) mass is 375 g/mol. The lowest BCUT2D eigenvalue weighted by atomic mass is 10.2. The minimum absolute atomic E-state index is 0.245. The van der Waals surface area contributed by atoms with E-state index in [1.807, 2.05) is 24.3 Å². The first-order valence-corrected chi connectivity index (χ1v) is 9.49. The zero-order valence-electron chi connectivity index (χ0n) is 14.6. The van der Waals surface area contributed by atoms with Crippen LogP contribution in [0.4, 0.5) is 4.79 Å². The summed E-state index contributed by atoms with van der Waals surface area (Å²) in [6.07, 6.45) is 1.60. The number of hydrogen-bond donors (Lipinski definition) is 1. The summed E-state index contributed by atoms with van der Waals surface area (Å²) in [5.41, 5.74) is 1.00. The number of esters is 1. The molecule has 0 bridgehead atoms. The normalized spacial score (nSPS) is 15.1. The molecule has 3 rings (SSSR count). The SMILES string of the molecule is C[C@@H](OC(=O)CCCCc1nc2ccccc2s1)C(=O)N1CCNC1=O. The number of urea groups is 1. The van der Waals surface area contributed by atoms with Gasteiger partial charge < -0.3 is 10.1 Å². The number of amides is 3. The maximum absolute atomic E-state index is 12.1. The quantitative estimate of drug-likeness (QED) is 0.593. The first-order valence-electron chi connectivity index (χ1n) is 8.68. The van der Waals surface area contributed by atoms with Crippen molar-refractivity contribution in [2.75, 3.05) is 13.1 Å². The fraction of sp³-hybridized carbons (Fsp3) is 0.444. The molecule has 1 aromatic heterocycles. The lowest BCUT2D eigenvalue weighted by Crippen LogP contribution is -2.41. The van der Waals surface area contributed by atoms with Crippen LogP contribution in [0.5, 0.6) is 0 Å². The Hall–Kier alpha value is -2.48. The average Bonchev–Trinajstić information content (AvgIpc) is 3.23. The number of aryl methyl sites for hydroxylation is 1. The van der Waals surface area contributed by atoms with E-state index < -0.39 is 24.0 Å². The Balaban J connectivity index is 1.38. The molecule has 0 spiro atoms. The Morgan fingerprint density at radius 3 is 2.88 bits per heavy atom. The summed E-state index contributed by atoms with van der Waals surface area (Å²) in [7, 11) is 0. The highest BCUT2D eigenvalue weighted by atomic mass is 32.1. The highest BCUT2D eigenvalue weighted by molar-refractivity contribution is 7.18. The van der Waals surface area contributed by atoms with Gasteiger partial charge >= 0.3 is 12.0 Å². The van der Waals surface area contributed by atoms with Gasteiger partial charge in [-0.15, -0.1) is 11.3 Å². The molecule has 3 amide bonds. The van der Waals surface area contributed by atoms with E-state index in [2.05, 4.69) is 10.3 Å². The Bertz CT molecular complexity index is 787. The highest BCUT2D eigenvalue weighted by Gasteiger charge is 2.31. The number of carbonyl (C=O) groups is 3. The molecule has 2 heterocycles. The molecule has 0 unspecified atom stereocenters. The molecule has 1 saturated heterocycles. The molecule has 1 aliphatic rings. The van der Waals surface area contributed by atoms with Gasteiger partial charge in [0.25, 0.3) is 5.91 Å². The predicted octanol–water partition coefficient (Wildman–Crippen LogP) is 2.49. The smallest absolute Gasteiger partial charge is 0.324 e. The van der Waals surface area contributed by atoms with Gasteiger partial charge in [-0.05, 0) is 38.3 Å². The maximum atomic E-state index is 12.1. The van der Waals surface area contributed by atoms with E-state index in [0.717, 1.165) is 28.3 Å². The van der Waals surface area contributed by atoms with E-state index in [1.54, 1.807) is 11.3 Å². The van der Waals surface area contributed by atoms with Crippen LogP contribution in [-0.4, -0.2) is 47.0 Å². The van der Waals surface area contributed by atoms with Crippen LogP contribution in [-0.2, 0) is 20.7 Å². The summed E-state index contributed by atoms with van der Waals surface area (Å²) in [4.78, 5) is 41.1. The van der Waals surface area contributed by atoms with Crippen molar-refractivity contribution >= 4 is 39.5 Å². The summed E-state index contributed by atoms with van der Waals surface area (Å²) in [5.74, 6) is -0.905. The van der Waals surface area contributed by atoms with Crippen molar-refractivity contribution in [3.63, 3.8) is 0 Å². The van der Waals surface area contributed by atoms with E-state index in [4.69, 9.17) is 4.74 Å². The second-order valence-corrected chi connectivity index (χ2v) is 7.25. The van der Waals surface area contributed by atoms with Gasteiger partial charge in [0.05, 0.1) is 15.2 Å². The van der Waals surface area contributed by atoms with Crippen molar-refractivity contribution < 1.29 is 19.1 Å². The first kappa shape index (κ1) is 18.3. The van der Waals surface area contributed by atoms with E-state index in [1.165, 1.54) is 11.6 Å². The minimum atomic E-state index is -0.949. The van der Waals surface area contributed by atoms with Crippen LogP contribution < -0.4 is 5.32 Å². The number of ether oxygens (including phenoxy) is 1. The van der Waals surface area contributed by atoms with Gasteiger partial charge in [-0.3, -0.25) is 14.5 Å². The van der Waals surface area contributed by atoms with E-state index in [0.29, 0.717) is 19.5 Å². The van der Waals surface area contributed by atoms with Crippen LogP contribution in [0.3, 0.4) is 0 Å². The number of unbranched alkanes of at least 4 members (excludes halogenated alkanes) is 1. The molecular formula is C18H21N3O4S. The topological polar surface area (TPSA) is 88.6 Å². The Morgan fingerprint density at radius 1 is 1.35 bits per heavy atom. The van der Waals surface area contributed by atoms with Crippen molar-refractivity contribution in [1.29, 1.82) is 0 Å². The third-order valence-corrected chi connectivity index (χ3v) is 5.23. The van der Waals surface area contributed by atoms with E-state index >= 15 is 0 Å². The molecule has 138 valence electrons. The van der Waals surface area contributed by atoms with Crippen LogP contribution in [0.1, 0.15) is 31.2 Å². The number of thiazole rings is 1. The second kappa shape index (κ2) is 8.27. The first-order chi connectivity index (χ1) is 12.5. The van der Waals surface area contributed by atoms with Gasteiger partial charge in [0, 0.05) is 19.5 Å². The molecule has 1 aromatic carbocycles. The Morgan fingerprint density at radius 2 is 2.15 bits per heavy atom. The van der Waals surface area contributed by atoms with Crippen molar-refractivity contribution in [3.8, 4) is 0 Å². The zero-order valence-corrected chi connectivity index (χ0v) is 15.4. The van der Waals surface area contributed by atoms with Crippen LogP contribution in [0, 0.1) is 0 Å². The summed E-state index contributed by atoms with van der Waals surface area (Å²) < 4.78 is 6.32. The van der Waals surface area contributed by atoms with Crippen molar-refractivity contribution in [3.05, 3.63) is 29.3 Å². The Labute approximate surface area is 155 Å². The summed E-state index contributed by atoms with van der Waals surface area (Å²) in [6, 6.07) is 7.57. The minimum Gasteiger partial charge on any atom is -0.453 e. The van der Waals surface area contributed by atoms with Crippen molar-refractivity contribution in [2.24, 2.45) is 0 Å². The summed E-state index contributed by atoms with van der Waals surface area (Å²) >= 11 is 1.67. The van der Waals surface area contributed by atoms with Gasteiger partial charge in [-0.1, -0.05) is 12.1 Å². The second-order valence-electron chi connectivity index (χ2n) is 6.14. The molecular weight excluding hydrogens is 354 g/mol. The molecule has 1 atom stereocenters. The van der Waals surface area contributed by atoms with Gasteiger partial charge in [0.15, 0.2) is 6.10 Å². The third kappa shape index (κ3) is 4.37. The number of fused-ring (bicyclic) bond motifs is 1. The number of rotatable bonds is 7. The van der Waals surface area contributed by atoms with Crippen LogP contribution in [0.25, 0.3) is 10.2 Å².